The zero-order valence-corrected chi connectivity index (χ0v) is 9.38. The first-order valence-electron chi connectivity index (χ1n) is 5.47. The van der Waals surface area contributed by atoms with Gasteiger partial charge in [0, 0.05) is 11.5 Å². The Hall–Kier alpha value is -0.800. The van der Waals surface area contributed by atoms with Gasteiger partial charge in [0.25, 0.3) is 0 Å². The molecule has 0 saturated carbocycles. The lowest BCUT2D eigenvalue weighted by Gasteiger charge is -2.23. The van der Waals surface area contributed by atoms with Crippen molar-refractivity contribution in [2.45, 2.75) is 39.1 Å². The van der Waals surface area contributed by atoms with Gasteiger partial charge in [0.15, 0.2) is 0 Å². The van der Waals surface area contributed by atoms with Crippen molar-refractivity contribution in [3.8, 4) is 0 Å². The van der Waals surface area contributed by atoms with E-state index in [1.807, 2.05) is 13.0 Å². The minimum atomic E-state index is -0.487. The summed E-state index contributed by atoms with van der Waals surface area (Å²) in [4.78, 5) is 0. The van der Waals surface area contributed by atoms with Gasteiger partial charge < -0.3 is 14.3 Å². The van der Waals surface area contributed by atoms with Gasteiger partial charge in [0.05, 0.1) is 30.8 Å². The Balaban J connectivity index is 2.16. The van der Waals surface area contributed by atoms with Crippen LogP contribution in [0.3, 0.4) is 0 Å². The fourth-order valence-corrected chi connectivity index (χ4v) is 2.50. The molecule has 84 valence electrons. The summed E-state index contributed by atoms with van der Waals surface area (Å²) in [7, 11) is 0. The van der Waals surface area contributed by atoms with Crippen molar-refractivity contribution in [3.05, 3.63) is 24.2 Å². The first-order valence-corrected chi connectivity index (χ1v) is 5.47. The molecule has 3 heteroatoms. The highest BCUT2D eigenvalue weighted by molar-refractivity contribution is 5.12. The minimum Gasteiger partial charge on any atom is -0.472 e. The fraction of sp³-hybridized carbons (Fsp3) is 0.667. The van der Waals surface area contributed by atoms with Crippen LogP contribution in [0.4, 0.5) is 0 Å². The monoisotopic (exact) mass is 210 g/mol. The van der Waals surface area contributed by atoms with Crippen LogP contribution in [0.25, 0.3) is 0 Å². The molecule has 1 aromatic rings. The van der Waals surface area contributed by atoms with Crippen LogP contribution in [0.5, 0.6) is 0 Å². The number of furan rings is 1. The molecule has 5 atom stereocenters. The van der Waals surface area contributed by atoms with Crippen LogP contribution in [0, 0.1) is 11.8 Å². The Morgan fingerprint density at radius 3 is 2.47 bits per heavy atom. The molecule has 0 amide bonds. The van der Waals surface area contributed by atoms with E-state index in [1.165, 1.54) is 0 Å². The maximum atomic E-state index is 10.2. The molecule has 2 heterocycles. The van der Waals surface area contributed by atoms with Crippen molar-refractivity contribution in [3.63, 3.8) is 0 Å². The molecule has 0 bridgehead atoms. The molecule has 1 fully saturated rings. The Morgan fingerprint density at radius 2 is 2.00 bits per heavy atom. The summed E-state index contributed by atoms with van der Waals surface area (Å²) in [5.74, 6) is 0.516. The van der Waals surface area contributed by atoms with Gasteiger partial charge in [-0.25, -0.2) is 0 Å². The largest absolute Gasteiger partial charge is 0.472 e. The molecular formula is C12H18O3. The highest BCUT2D eigenvalue weighted by Crippen LogP contribution is 2.40. The first kappa shape index (κ1) is 10.7. The number of ether oxygens (including phenoxy) is 1. The van der Waals surface area contributed by atoms with Gasteiger partial charge >= 0.3 is 0 Å². The summed E-state index contributed by atoms with van der Waals surface area (Å²) in [6.45, 7) is 6.21. The molecule has 0 spiro atoms. The van der Waals surface area contributed by atoms with E-state index >= 15 is 0 Å². The smallest absolute Gasteiger partial charge is 0.0960 e. The van der Waals surface area contributed by atoms with Crippen molar-refractivity contribution in [2.24, 2.45) is 11.8 Å². The number of aliphatic hydroxyl groups is 1. The minimum absolute atomic E-state index is 0.0971. The topological polar surface area (TPSA) is 42.6 Å². The Kier molecular flexibility index (Phi) is 2.85. The maximum Gasteiger partial charge on any atom is 0.0960 e. The molecular weight excluding hydrogens is 192 g/mol. The average molecular weight is 210 g/mol. The third-order valence-electron chi connectivity index (χ3n) is 3.57. The van der Waals surface area contributed by atoms with Crippen LogP contribution in [0.1, 0.15) is 32.4 Å². The molecule has 0 aliphatic carbocycles. The van der Waals surface area contributed by atoms with Gasteiger partial charge in [-0.3, -0.25) is 0 Å². The lowest BCUT2D eigenvalue weighted by Crippen LogP contribution is -2.24. The maximum absolute atomic E-state index is 10.2. The third kappa shape index (κ3) is 1.82. The Bertz CT molecular complexity index is 307. The highest BCUT2D eigenvalue weighted by atomic mass is 16.5. The number of aliphatic hydroxyl groups excluding tert-OH is 1. The molecule has 2 rings (SSSR count). The molecule has 1 N–H and O–H groups in total. The van der Waals surface area contributed by atoms with Crippen molar-refractivity contribution in [1.29, 1.82) is 0 Å². The van der Waals surface area contributed by atoms with Crippen LogP contribution in [-0.2, 0) is 4.74 Å². The molecule has 1 aliphatic heterocycles. The lowest BCUT2D eigenvalue weighted by atomic mass is 9.83. The van der Waals surface area contributed by atoms with Crippen LogP contribution in [0.2, 0.25) is 0 Å². The van der Waals surface area contributed by atoms with E-state index in [1.54, 1.807) is 12.5 Å². The van der Waals surface area contributed by atoms with Gasteiger partial charge in [-0.1, -0.05) is 6.92 Å². The third-order valence-corrected chi connectivity index (χ3v) is 3.57. The van der Waals surface area contributed by atoms with E-state index in [0.29, 0.717) is 5.92 Å². The molecule has 0 aromatic carbocycles. The van der Waals surface area contributed by atoms with Crippen molar-refractivity contribution >= 4 is 0 Å². The van der Waals surface area contributed by atoms with Gasteiger partial charge in [0.2, 0.25) is 0 Å². The van der Waals surface area contributed by atoms with E-state index in [-0.39, 0.29) is 18.1 Å². The molecule has 0 radical (unpaired) electrons. The number of hydrogen-bond donors (Lipinski definition) is 1. The standard InChI is InChI=1S/C12H18O3/c1-7-8(2)15-9(3)11(7)12(13)10-4-5-14-6-10/h4-9,11-13H,1-3H3. The lowest BCUT2D eigenvalue weighted by molar-refractivity contribution is 0.0229. The summed E-state index contributed by atoms with van der Waals surface area (Å²) in [5, 5.41) is 10.2. The summed E-state index contributed by atoms with van der Waals surface area (Å²) in [6.07, 6.45) is 3.02. The quantitative estimate of drug-likeness (QED) is 0.814. The van der Waals surface area contributed by atoms with Gasteiger partial charge in [0.1, 0.15) is 0 Å². The van der Waals surface area contributed by atoms with E-state index < -0.39 is 6.10 Å². The second kappa shape index (κ2) is 3.99. The molecule has 3 nitrogen and oxygen atoms in total. The van der Waals surface area contributed by atoms with Gasteiger partial charge in [-0.15, -0.1) is 0 Å². The summed E-state index contributed by atoms with van der Waals surface area (Å²) < 4.78 is 10.7. The van der Waals surface area contributed by atoms with E-state index in [2.05, 4.69) is 13.8 Å². The first-order chi connectivity index (χ1) is 7.11. The zero-order valence-electron chi connectivity index (χ0n) is 9.38. The normalized spacial score (nSPS) is 38.1. The average Bonchev–Trinajstić information content (AvgIpc) is 2.76. The predicted octanol–water partition coefficient (Wildman–Crippen LogP) is 2.37. The second-order valence-electron chi connectivity index (χ2n) is 4.48. The van der Waals surface area contributed by atoms with Crippen LogP contribution in [0.15, 0.2) is 23.0 Å². The molecule has 1 aliphatic rings. The van der Waals surface area contributed by atoms with Crippen molar-refractivity contribution in [2.75, 3.05) is 0 Å². The number of rotatable bonds is 2. The van der Waals surface area contributed by atoms with Crippen molar-refractivity contribution < 1.29 is 14.3 Å². The highest BCUT2D eigenvalue weighted by Gasteiger charge is 2.41. The van der Waals surface area contributed by atoms with E-state index in [4.69, 9.17) is 9.15 Å². The molecule has 1 saturated heterocycles. The van der Waals surface area contributed by atoms with Gasteiger partial charge in [-0.2, -0.15) is 0 Å². The van der Waals surface area contributed by atoms with Crippen molar-refractivity contribution in [1.82, 2.24) is 0 Å². The summed E-state index contributed by atoms with van der Waals surface area (Å²) in [5.41, 5.74) is 0.844. The molecule has 15 heavy (non-hydrogen) atoms. The Morgan fingerprint density at radius 1 is 1.27 bits per heavy atom. The van der Waals surface area contributed by atoms with Gasteiger partial charge in [-0.05, 0) is 25.8 Å². The van der Waals surface area contributed by atoms with Crippen LogP contribution < -0.4 is 0 Å². The van der Waals surface area contributed by atoms with E-state index in [0.717, 1.165) is 5.56 Å². The van der Waals surface area contributed by atoms with E-state index in [9.17, 15) is 5.11 Å². The predicted molar refractivity (Wildman–Crippen MR) is 56.3 cm³/mol. The summed E-state index contributed by atoms with van der Waals surface area (Å²) in [6, 6.07) is 1.81. The molecule has 1 aromatic heterocycles. The SMILES string of the molecule is CC1OC(C)C(C(O)c2ccoc2)C1C. The fourth-order valence-electron chi connectivity index (χ4n) is 2.50. The number of hydrogen-bond acceptors (Lipinski definition) is 3. The molecule has 5 unspecified atom stereocenters. The van der Waals surface area contributed by atoms with Crippen LogP contribution in [-0.4, -0.2) is 17.3 Å². The summed E-state index contributed by atoms with van der Waals surface area (Å²) >= 11 is 0. The Labute approximate surface area is 90.0 Å². The van der Waals surface area contributed by atoms with Crippen LogP contribution >= 0.6 is 0 Å². The zero-order chi connectivity index (χ0) is 11.0. The second-order valence-corrected chi connectivity index (χ2v) is 4.48.